The summed E-state index contributed by atoms with van der Waals surface area (Å²) in [5, 5.41) is 0.478. The van der Waals surface area contributed by atoms with Crippen molar-refractivity contribution in [2.75, 3.05) is 0 Å². The van der Waals surface area contributed by atoms with Crippen molar-refractivity contribution < 1.29 is 0 Å². The van der Waals surface area contributed by atoms with Crippen LogP contribution in [0.1, 0.15) is 36.5 Å². The first kappa shape index (κ1) is 15.1. The van der Waals surface area contributed by atoms with Crippen molar-refractivity contribution in [2.24, 2.45) is 5.41 Å². The van der Waals surface area contributed by atoms with E-state index in [0.717, 1.165) is 0 Å². The normalized spacial score (nSPS) is 13.5. The summed E-state index contributed by atoms with van der Waals surface area (Å²) < 4.78 is 1.21. The Kier molecular flexibility index (Phi) is 4.80. The lowest BCUT2D eigenvalue weighted by atomic mass is 9.91. The van der Waals surface area contributed by atoms with Gasteiger partial charge in [-0.2, -0.15) is 0 Å². The van der Waals surface area contributed by atoms with Crippen LogP contribution in [0.2, 0.25) is 0 Å². The van der Waals surface area contributed by atoms with Gasteiger partial charge in [-0.15, -0.1) is 23.1 Å². The molecule has 1 unspecified atom stereocenters. The molecule has 0 N–H and O–H groups in total. The second-order valence-corrected chi connectivity index (χ2v) is 9.49. The third kappa shape index (κ3) is 4.11. The van der Waals surface area contributed by atoms with E-state index in [4.69, 9.17) is 0 Å². The van der Waals surface area contributed by atoms with Crippen LogP contribution in [-0.2, 0) is 0 Å². The maximum absolute atomic E-state index is 3.57. The fourth-order valence-corrected chi connectivity index (χ4v) is 4.94. The first-order valence-corrected chi connectivity index (χ1v) is 8.84. The van der Waals surface area contributed by atoms with Crippen molar-refractivity contribution in [2.45, 2.75) is 37.8 Å². The highest BCUT2D eigenvalue weighted by molar-refractivity contribution is 9.11. The third-order valence-corrected chi connectivity index (χ3v) is 6.49. The van der Waals surface area contributed by atoms with Crippen LogP contribution in [0.15, 0.2) is 45.1 Å². The number of halogens is 1. The molecule has 2 aromatic rings. The zero-order chi connectivity index (χ0) is 14.0. The summed E-state index contributed by atoms with van der Waals surface area (Å²) >= 11 is 7.37. The van der Waals surface area contributed by atoms with Gasteiger partial charge in [0.2, 0.25) is 0 Å². The van der Waals surface area contributed by atoms with E-state index in [9.17, 15) is 0 Å². The maximum atomic E-state index is 3.57. The van der Waals surface area contributed by atoms with Gasteiger partial charge in [-0.25, -0.2) is 0 Å². The molecule has 0 nitrogen and oxygen atoms in total. The fourth-order valence-electron chi connectivity index (χ4n) is 1.88. The third-order valence-electron chi connectivity index (χ3n) is 2.91. The van der Waals surface area contributed by atoms with Gasteiger partial charge in [0.25, 0.3) is 0 Å². The Morgan fingerprint density at radius 2 is 1.68 bits per heavy atom. The van der Waals surface area contributed by atoms with Gasteiger partial charge in [0.05, 0.1) is 3.79 Å². The number of thiophene rings is 1. The van der Waals surface area contributed by atoms with E-state index in [-0.39, 0.29) is 5.41 Å². The minimum atomic E-state index is 0.236. The Hall–Kier alpha value is -0.250. The van der Waals surface area contributed by atoms with E-state index >= 15 is 0 Å². The molecule has 0 fully saturated rings. The molecule has 0 saturated heterocycles. The van der Waals surface area contributed by atoms with Crippen molar-refractivity contribution in [3.63, 3.8) is 0 Å². The summed E-state index contributed by atoms with van der Waals surface area (Å²) in [6, 6.07) is 13.2. The predicted octanol–water partition coefficient (Wildman–Crippen LogP) is 6.70. The smallest absolute Gasteiger partial charge is 0.0701 e. The van der Waals surface area contributed by atoms with Gasteiger partial charge in [-0.3, -0.25) is 0 Å². The average molecular weight is 355 g/mol. The molecule has 0 aliphatic carbocycles. The molecule has 0 aliphatic heterocycles. The Bertz CT molecular complexity index is 535. The SMILES string of the molecule is Cc1ccc(SC(c2ccc(Br)s2)C(C)(C)C)cc1. The molecular weight excluding hydrogens is 336 g/mol. The first-order valence-electron chi connectivity index (χ1n) is 6.35. The number of thioether (sulfide) groups is 1. The number of rotatable bonds is 3. The maximum Gasteiger partial charge on any atom is 0.0701 e. The van der Waals surface area contributed by atoms with E-state index in [2.05, 4.69) is 80.0 Å². The summed E-state index contributed by atoms with van der Waals surface area (Å²) in [6.07, 6.45) is 0. The molecule has 0 radical (unpaired) electrons. The van der Waals surface area contributed by atoms with Gasteiger partial charge in [0, 0.05) is 15.0 Å². The molecule has 0 spiro atoms. The number of benzene rings is 1. The van der Waals surface area contributed by atoms with E-state index in [1.54, 1.807) is 0 Å². The lowest BCUT2D eigenvalue weighted by Crippen LogP contribution is -2.14. The first-order chi connectivity index (χ1) is 8.86. The lowest BCUT2D eigenvalue weighted by Gasteiger charge is -2.29. The van der Waals surface area contributed by atoms with Gasteiger partial charge in [-0.1, -0.05) is 38.5 Å². The van der Waals surface area contributed by atoms with Crippen LogP contribution in [0.25, 0.3) is 0 Å². The van der Waals surface area contributed by atoms with Crippen LogP contribution in [0.5, 0.6) is 0 Å². The Morgan fingerprint density at radius 3 is 2.16 bits per heavy atom. The van der Waals surface area contributed by atoms with Gasteiger partial charge in [-0.05, 0) is 52.5 Å². The molecule has 102 valence electrons. The Morgan fingerprint density at radius 1 is 1.05 bits per heavy atom. The summed E-state index contributed by atoms with van der Waals surface area (Å²) in [5.41, 5.74) is 1.55. The summed E-state index contributed by atoms with van der Waals surface area (Å²) in [4.78, 5) is 2.78. The van der Waals surface area contributed by atoms with Crippen LogP contribution in [-0.4, -0.2) is 0 Å². The highest BCUT2D eigenvalue weighted by atomic mass is 79.9. The van der Waals surface area contributed by atoms with Gasteiger partial charge >= 0.3 is 0 Å². The minimum Gasteiger partial charge on any atom is -0.132 e. The zero-order valence-electron chi connectivity index (χ0n) is 11.7. The standard InChI is InChI=1S/C16H19BrS2/c1-11-5-7-12(8-6-11)18-15(16(2,3)4)13-9-10-14(17)19-13/h5-10,15H,1-4H3. The second-order valence-electron chi connectivity index (χ2n) is 5.82. The summed E-state index contributed by atoms with van der Waals surface area (Å²) in [5.74, 6) is 0. The number of hydrogen-bond acceptors (Lipinski definition) is 2. The molecule has 0 aliphatic rings. The van der Waals surface area contributed by atoms with Crippen molar-refractivity contribution in [3.05, 3.63) is 50.6 Å². The van der Waals surface area contributed by atoms with Crippen LogP contribution < -0.4 is 0 Å². The van der Waals surface area contributed by atoms with Gasteiger partial charge in [0.15, 0.2) is 0 Å². The summed E-state index contributed by atoms with van der Waals surface area (Å²) in [6.45, 7) is 9.07. The molecule has 0 amide bonds. The van der Waals surface area contributed by atoms with Gasteiger partial charge in [0.1, 0.15) is 0 Å². The lowest BCUT2D eigenvalue weighted by molar-refractivity contribution is 0.405. The number of hydrogen-bond donors (Lipinski definition) is 0. The molecule has 1 aromatic heterocycles. The minimum absolute atomic E-state index is 0.236. The number of aryl methyl sites for hydroxylation is 1. The molecule has 3 heteroatoms. The monoisotopic (exact) mass is 354 g/mol. The Labute approximate surface area is 132 Å². The van der Waals surface area contributed by atoms with Crippen molar-refractivity contribution >= 4 is 39.0 Å². The van der Waals surface area contributed by atoms with Crippen LogP contribution in [0, 0.1) is 12.3 Å². The highest BCUT2D eigenvalue weighted by Crippen LogP contribution is 2.49. The Balaban J connectivity index is 2.27. The van der Waals surface area contributed by atoms with Crippen LogP contribution in [0.3, 0.4) is 0 Å². The van der Waals surface area contributed by atoms with Crippen molar-refractivity contribution in [1.29, 1.82) is 0 Å². The van der Waals surface area contributed by atoms with Gasteiger partial charge < -0.3 is 0 Å². The summed E-state index contributed by atoms with van der Waals surface area (Å²) in [7, 11) is 0. The molecule has 0 saturated carbocycles. The van der Waals surface area contributed by atoms with E-state index in [0.29, 0.717) is 5.25 Å². The molecule has 1 aromatic carbocycles. The van der Waals surface area contributed by atoms with E-state index < -0.39 is 0 Å². The largest absolute Gasteiger partial charge is 0.132 e. The average Bonchev–Trinajstić information content (AvgIpc) is 2.73. The highest BCUT2D eigenvalue weighted by Gasteiger charge is 2.28. The molecular formula is C16H19BrS2. The second kappa shape index (κ2) is 6.02. The van der Waals surface area contributed by atoms with E-state index in [1.165, 1.54) is 19.1 Å². The van der Waals surface area contributed by atoms with Crippen LogP contribution in [0.4, 0.5) is 0 Å². The fraction of sp³-hybridized carbons (Fsp3) is 0.375. The van der Waals surface area contributed by atoms with Crippen molar-refractivity contribution in [3.8, 4) is 0 Å². The molecule has 2 rings (SSSR count). The van der Waals surface area contributed by atoms with Crippen LogP contribution >= 0.6 is 39.0 Å². The molecule has 1 heterocycles. The zero-order valence-corrected chi connectivity index (χ0v) is 15.0. The van der Waals surface area contributed by atoms with E-state index in [1.807, 2.05) is 23.1 Å². The van der Waals surface area contributed by atoms with Crippen molar-refractivity contribution in [1.82, 2.24) is 0 Å². The quantitative estimate of drug-likeness (QED) is 0.552. The topological polar surface area (TPSA) is 0 Å². The molecule has 19 heavy (non-hydrogen) atoms. The molecule has 1 atom stereocenters. The predicted molar refractivity (Wildman–Crippen MR) is 91.3 cm³/mol. The molecule has 0 bridgehead atoms.